The highest BCUT2D eigenvalue weighted by Gasteiger charge is 2.29. The van der Waals surface area contributed by atoms with Crippen molar-refractivity contribution in [1.82, 2.24) is 4.98 Å². The van der Waals surface area contributed by atoms with Crippen LogP contribution in [0, 0.1) is 0 Å². The summed E-state index contributed by atoms with van der Waals surface area (Å²) in [6.07, 6.45) is 1.73. The molecule has 2 N–H and O–H groups in total. The van der Waals surface area contributed by atoms with Crippen molar-refractivity contribution in [2.75, 3.05) is 4.31 Å². The molecule has 0 aliphatic rings. The van der Waals surface area contributed by atoms with Gasteiger partial charge in [0, 0.05) is 24.7 Å². The minimum atomic E-state index is -4.12. The molecule has 0 saturated carbocycles. The summed E-state index contributed by atoms with van der Waals surface area (Å²) < 4.78 is 26.3. The molecule has 0 saturated heterocycles. The number of H-pyrrole nitrogens is 1. The molecule has 0 radical (unpaired) electrons. The Bertz CT molecular complexity index is 992. The Morgan fingerprint density at radius 3 is 2.61 bits per heavy atom. The number of carbonyl (C=O) groups excluding carboxylic acids is 1. The van der Waals surface area contributed by atoms with Crippen molar-refractivity contribution in [3.05, 3.63) is 54.7 Å². The minimum Gasteiger partial charge on any atom is -0.508 e. The van der Waals surface area contributed by atoms with Gasteiger partial charge in [0.05, 0.1) is 10.6 Å². The number of carbonyl (C=O) groups is 1. The highest BCUT2D eigenvalue weighted by molar-refractivity contribution is 7.93. The van der Waals surface area contributed by atoms with Crippen LogP contribution in [0.15, 0.2) is 59.6 Å². The number of sulfonamides is 1. The van der Waals surface area contributed by atoms with Gasteiger partial charge in [-0.15, -0.1) is 0 Å². The van der Waals surface area contributed by atoms with Crippen molar-refractivity contribution in [3.8, 4) is 5.75 Å². The smallest absolute Gasteiger partial charge is 0.271 e. The summed E-state index contributed by atoms with van der Waals surface area (Å²) in [6, 6.07) is 12.0. The van der Waals surface area contributed by atoms with E-state index < -0.39 is 15.9 Å². The Labute approximate surface area is 133 Å². The molecule has 0 spiro atoms. The van der Waals surface area contributed by atoms with Crippen LogP contribution in [-0.2, 0) is 14.8 Å². The van der Waals surface area contributed by atoms with E-state index in [0.717, 1.165) is 21.3 Å². The van der Waals surface area contributed by atoms with Gasteiger partial charge < -0.3 is 10.1 Å². The first-order chi connectivity index (χ1) is 10.9. The van der Waals surface area contributed by atoms with Crippen LogP contribution in [0.5, 0.6) is 5.75 Å². The van der Waals surface area contributed by atoms with Crippen molar-refractivity contribution < 1.29 is 18.3 Å². The molecule has 6 nitrogen and oxygen atoms in total. The number of fused-ring (bicyclic) bond motifs is 1. The standard InChI is InChI=1S/C16H14N2O4S/c1-11(19)18(13-6-5-12-7-8-17-16(12)9-13)23(21,22)15-4-2-3-14(20)10-15/h2-10,17,20H,1H3. The fourth-order valence-electron chi connectivity index (χ4n) is 2.40. The quantitative estimate of drug-likeness (QED) is 0.772. The van der Waals surface area contributed by atoms with Gasteiger partial charge in [0.1, 0.15) is 5.75 Å². The molecule has 0 bridgehead atoms. The number of nitrogens with one attached hydrogen (secondary N) is 1. The zero-order chi connectivity index (χ0) is 16.6. The predicted octanol–water partition coefficient (Wildman–Crippen LogP) is 2.62. The number of amides is 1. The highest BCUT2D eigenvalue weighted by atomic mass is 32.2. The van der Waals surface area contributed by atoms with Gasteiger partial charge >= 0.3 is 0 Å². The Kier molecular flexibility index (Phi) is 3.57. The minimum absolute atomic E-state index is 0.153. The topological polar surface area (TPSA) is 90.5 Å². The van der Waals surface area contributed by atoms with Crippen LogP contribution in [0.4, 0.5) is 5.69 Å². The monoisotopic (exact) mass is 330 g/mol. The molecule has 0 unspecified atom stereocenters. The number of hydrogen-bond acceptors (Lipinski definition) is 4. The number of nitrogens with zero attached hydrogens (tertiary/aromatic N) is 1. The molecule has 3 aromatic rings. The van der Waals surface area contributed by atoms with E-state index in [0.29, 0.717) is 0 Å². The van der Waals surface area contributed by atoms with Gasteiger partial charge in [-0.3, -0.25) is 4.79 Å². The highest BCUT2D eigenvalue weighted by Crippen LogP contribution is 2.28. The van der Waals surface area contributed by atoms with Crippen LogP contribution < -0.4 is 4.31 Å². The summed E-state index contributed by atoms with van der Waals surface area (Å²) in [5, 5.41) is 10.4. The molecular formula is C16H14N2O4S. The first-order valence-electron chi connectivity index (χ1n) is 6.82. The number of anilines is 1. The van der Waals surface area contributed by atoms with Gasteiger partial charge in [-0.25, -0.2) is 12.7 Å². The number of hydrogen-bond donors (Lipinski definition) is 2. The lowest BCUT2D eigenvalue weighted by Gasteiger charge is -2.21. The summed E-state index contributed by atoms with van der Waals surface area (Å²) in [6.45, 7) is 1.18. The Morgan fingerprint density at radius 2 is 1.91 bits per heavy atom. The van der Waals surface area contributed by atoms with Crippen LogP contribution in [0.1, 0.15) is 6.92 Å². The van der Waals surface area contributed by atoms with Gasteiger partial charge in [0.2, 0.25) is 5.91 Å². The largest absolute Gasteiger partial charge is 0.508 e. The van der Waals surface area contributed by atoms with E-state index in [9.17, 15) is 18.3 Å². The van der Waals surface area contributed by atoms with Crippen LogP contribution >= 0.6 is 0 Å². The predicted molar refractivity (Wildman–Crippen MR) is 86.8 cm³/mol. The maximum atomic E-state index is 12.8. The third-order valence-electron chi connectivity index (χ3n) is 3.41. The van der Waals surface area contributed by atoms with Gasteiger partial charge in [-0.1, -0.05) is 12.1 Å². The number of aromatic hydroxyl groups is 1. The molecule has 0 atom stereocenters. The fraction of sp³-hybridized carbons (Fsp3) is 0.0625. The second-order valence-corrected chi connectivity index (χ2v) is 6.82. The number of phenols is 1. The number of benzene rings is 2. The van der Waals surface area contributed by atoms with E-state index in [1.807, 2.05) is 6.07 Å². The molecule has 1 aromatic heterocycles. The van der Waals surface area contributed by atoms with Crippen molar-refractivity contribution in [2.24, 2.45) is 0 Å². The van der Waals surface area contributed by atoms with E-state index in [4.69, 9.17) is 0 Å². The Balaban J connectivity index is 2.16. The van der Waals surface area contributed by atoms with E-state index in [1.165, 1.54) is 25.1 Å². The van der Waals surface area contributed by atoms with E-state index in [2.05, 4.69) is 4.98 Å². The number of aromatic nitrogens is 1. The third-order valence-corrected chi connectivity index (χ3v) is 5.21. The third kappa shape index (κ3) is 2.66. The molecule has 0 fully saturated rings. The van der Waals surface area contributed by atoms with E-state index in [1.54, 1.807) is 24.4 Å². The van der Waals surface area contributed by atoms with Crippen molar-refractivity contribution in [3.63, 3.8) is 0 Å². The van der Waals surface area contributed by atoms with E-state index >= 15 is 0 Å². The second-order valence-electron chi connectivity index (χ2n) is 5.04. The summed E-state index contributed by atoms with van der Waals surface area (Å²) >= 11 is 0. The summed E-state index contributed by atoms with van der Waals surface area (Å²) in [5.41, 5.74) is 0.954. The molecule has 1 heterocycles. The average Bonchev–Trinajstić information content (AvgIpc) is 2.94. The first kappa shape index (κ1) is 15.1. The van der Waals surface area contributed by atoms with Crippen LogP contribution in [0.2, 0.25) is 0 Å². The fourth-order valence-corrected chi connectivity index (χ4v) is 3.86. The molecule has 2 aromatic carbocycles. The molecule has 7 heteroatoms. The number of phenolic OH excluding ortho intramolecular Hbond substituents is 1. The number of rotatable bonds is 3. The van der Waals surface area contributed by atoms with Crippen molar-refractivity contribution in [1.29, 1.82) is 0 Å². The zero-order valence-electron chi connectivity index (χ0n) is 12.2. The lowest BCUT2D eigenvalue weighted by atomic mass is 10.2. The van der Waals surface area contributed by atoms with Crippen LogP contribution in [-0.4, -0.2) is 24.4 Å². The molecular weight excluding hydrogens is 316 g/mol. The van der Waals surface area contributed by atoms with Gasteiger partial charge in [0.15, 0.2) is 0 Å². The normalized spacial score (nSPS) is 11.5. The summed E-state index contributed by atoms with van der Waals surface area (Å²) in [7, 11) is -4.12. The maximum absolute atomic E-state index is 12.8. The SMILES string of the molecule is CC(=O)N(c1ccc2cc[nH]c2c1)S(=O)(=O)c1cccc(O)c1. The Morgan fingerprint density at radius 1 is 1.13 bits per heavy atom. The summed E-state index contributed by atoms with van der Waals surface area (Å²) in [4.78, 5) is 14.8. The lowest BCUT2D eigenvalue weighted by Crippen LogP contribution is -2.35. The molecule has 3 rings (SSSR count). The van der Waals surface area contributed by atoms with Gasteiger partial charge in [0.25, 0.3) is 10.0 Å². The molecule has 118 valence electrons. The molecule has 0 aliphatic carbocycles. The van der Waals surface area contributed by atoms with Gasteiger partial charge in [-0.05, 0) is 35.7 Å². The van der Waals surface area contributed by atoms with Crippen molar-refractivity contribution in [2.45, 2.75) is 11.8 Å². The van der Waals surface area contributed by atoms with Gasteiger partial charge in [-0.2, -0.15) is 0 Å². The number of aromatic amines is 1. The second kappa shape index (κ2) is 5.44. The molecule has 0 aliphatic heterocycles. The Hall–Kier alpha value is -2.80. The maximum Gasteiger partial charge on any atom is 0.271 e. The van der Waals surface area contributed by atoms with Crippen LogP contribution in [0.25, 0.3) is 10.9 Å². The van der Waals surface area contributed by atoms with Crippen LogP contribution in [0.3, 0.4) is 0 Å². The first-order valence-corrected chi connectivity index (χ1v) is 8.26. The zero-order valence-corrected chi connectivity index (χ0v) is 13.0. The molecule has 1 amide bonds. The van der Waals surface area contributed by atoms with Crippen molar-refractivity contribution >= 4 is 32.5 Å². The lowest BCUT2D eigenvalue weighted by molar-refractivity contribution is -0.115. The average molecular weight is 330 g/mol. The van der Waals surface area contributed by atoms with E-state index in [-0.39, 0.29) is 16.3 Å². The molecule has 23 heavy (non-hydrogen) atoms. The summed E-state index contributed by atoms with van der Waals surface area (Å²) in [5.74, 6) is -0.825.